The average molecular weight is 240 g/mol. The van der Waals surface area contributed by atoms with E-state index in [1.165, 1.54) is 0 Å². The fourth-order valence-corrected chi connectivity index (χ4v) is 2.04. The van der Waals surface area contributed by atoms with Crippen LogP contribution in [0.4, 0.5) is 13.2 Å². The van der Waals surface area contributed by atoms with Gasteiger partial charge in [-0.25, -0.2) is 8.42 Å². The summed E-state index contributed by atoms with van der Waals surface area (Å²) in [6.45, 7) is -1.48. The van der Waals surface area contributed by atoms with Crippen molar-refractivity contribution in [3.63, 3.8) is 0 Å². The molecule has 80 valence electrons. The second-order valence-corrected chi connectivity index (χ2v) is 4.95. The number of nitrogens with zero attached hydrogens (tertiary/aromatic N) is 1. The smallest absolute Gasteiger partial charge is 0.212 e. The summed E-state index contributed by atoms with van der Waals surface area (Å²) in [5.41, 5.74) is 0. The van der Waals surface area contributed by atoms with Crippen molar-refractivity contribution in [2.45, 2.75) is 6.18 Å². The molecule has 0 saturated heterocycles. The molecule has 8 heteroatoms. The molecule has 0 amide bonds. The zero-order valence-corrected chi connectivity index (χ0v) is 8.38. The van der Waals surface area contributed by atoms with Crippen molar-refractivity contribution in [2.75, 3.05) is 25.2 Å². The highest BCUT2D eigenvalue weighted by Crippen LogP contribution is 2.17. The van der Waals surface area contributed by atoms with Crippen LogP contribution in [0.1, 0.15) is 0 Å². The predicted molar refractivity (Wildman–Crippen MR) is 43.2 cm³/mol. The molecular weight excluding hydrogens is 231 g/mol. The molecule has 0 spiro atoms. The van der Waals surface area contributed by atoms with Crippen molar-refractivity contribution in [1.82, 2.24) is 4.31 Å². The van der Waals surface area contributed by atoms with Gasteiger partial charge in [-0.2, -0.15) is 17.5 Å². The van der Waals surface area contributed by atoms with Crippen molar-refractivity contribution >= 4 is 21.6 Å². The average Bonchev–Trinajstić information content (AvgIpc) is 1.82. The lowest BCUT2D eigenvalue weighted by Crippen LogP contribution is -2.37. The first-order valence-electron chi connectivity index (χ1n) is 3.26. The molecule has 0 aromatic rings. The molecule has 0 saturated carbocycles. The molecular formula is C5H9ClF3NO2S. The lowest BCUT2D eigenvalue weighted by Gasteiger charge is -2.17. The molecule has 0 aromatic heterocycles. The first kappa shape index (κ1) is 13.0. The van der Waals surface area contributed by atoms with E-state index in [9.17, 15) is 21.6 Å². The van der Waals surface area contributed by atoms with Crippen LogP contribution in [0.2, 0.25) is 0 Å². The van der Waals surface area contributed by atoms with Gasteiger partial charge in [-0.3, -0.25) is 0 Å². The molecule has 0 unspecified atom stereocenters. The predicted octanol–water partition coefficient (Wildman–Crippen LogP) is 1.05. The second kappa shape index (κ2) is 4.47. The van der Waals surface area contributed by atoms with Crippen LogP contribution in [-0.2, 0) is 10.0 Å². The van der Waals surface area contributed by atoms with Gasteiger partial charge >= 0.3 is 6.18 Å². The Morgan fingerprint density at radius 3 is 2.15 bits per heavy atom. The normalized spacial score (nSPS) is 13.7. The Bertz CT molecular complexity index is 251. The molecule has 0 fully saturated rings. The van der Waals surface area contributed by atoms with Crippen LogP contribution >= 0.6 is 11.6 Å². The first-order chi connectivity index (χ1) is 5.69. The lowest BCUT2D eigenvalue weighted by atomic mass is 10.6. The Morgan fingerprint density at radius 1 is 1.38 bits per heavy atom. The van der Waals surface area contributed by atoms with E-state index in [-0.39, 0.29) is 10.2 Å². The second-order valence-electron chi connectivity index (χ2n) is 2.38. The van der Waals surface area contributed by atoms with E-state index >= 15 is 0 Å². The van der Waals surface area contributed by atoms with Crippen molar-refractivity contribution in [2.24, 2.45) is 0 Å². The van der Waals surface area contributed by atoms with Crippen LogP contribution in [0.25, 0.3) is 0 Å². The fraction of sp³-hybridized carbons (Fsp3) is 1.00. The van der Waals surface area contributed by atoms with Gasteiger partial charge in [0.15, 0.2) is 0 Å². The Morgan fingerprint density at radius 2 is 1.85 bits per heavy atom. The van der Waals surface area contributed by atoms with Crippen LogP contribution in [0.3, 0.4) is 0 Å². The number of sulfonamides is 1. The molecule has 0 aliphatic rings. The monoisotopic (exact) mass is 239 g/mol. The zero-order chi connectivity index (χ0) is 10.7. The summed E-state index contributed by atoms with van der Waals surface area (Å²) >= 11 is 5.11. The highest BCUT2D eigenvalue weighted by Gasteiger charge is 2.33. The van der Waals surface area contributed by atoms with Gasteiger partial charge in [0.05, 0.1) is 5.75 Å². The molecule has 0 radical (unpaired) electrons. The summed E-state index contributed by atoms with van der Waals surface area (Å²) in [6.07, 6.45) is -4.52. The zero-order valence-electron chi connectivity index (χ0n) is 6.81. The maximum atomic E-state index is 11.7. The van der Waals surface area contributed by atoms with E-state index in [0.29, 0.717) is 0 Å². The molecule has 0 aromatic carbocycles. The SMILES string of the molecule is CN(CC(F)(F)F)S(=O)(=O)CCCl. The van der Waals surface area contributed by atoms with Gasteiger partial charge in [0.2, 0.25) is 10.0 Å². The minimum absolute atomic E-state index is 0.218. The number of alkyl halides is 4. The van der Waals surface area contributed by atoms with E-state index in [2.05, 4.69) is 0 Å². The van der Waals surface area contributed by atoms with Crippen LogP contribution < -0.4 is 0 Å². The summed E-state index contributed by atoms with van der Waals surface area (Å²) in [6, 6.07) is 0. The third-order valence-electron chi connectivity index (χ3n) is 1.21. The van der Waals surface area contributed by atoms with E-state index in [1.54, 1.807) is 0 Å². The quantitative estimate of drug-likeness (QED) is 0.688. The van der Waals surface area contributed by atoms with Gasteiger partial charge < -0.3 is 0 Å². The fourth-order valence-electron chi connectivity index (χ4n) is 0.604. The number of halogens is 4. The molecule has 0 bridgehead atoms. The number of hydrogen-bond donors (Lipinski definition) is 0. The Labute approximate surface area is 79.5 Å². The Kier molecular flexibility index (Phi) is 4.47. The largest absolute Gasteiger partial charge is 0.402 e. The standard InChI is InChI=1S/C5H9ClF3NO2S/c1-10(4-5(7,8)9)13(11,12)3-2-6/h2-4H2,1H3. The third-order valence-corrected chi connectivity index (χ3v) is 3.42. The minimum atomic E-state index is -4.52. The van der Waals surface area contributed by atoms with Crippen LogP contribution in [-0.4, -0.2) is 44.1 Å². The molecule has 0 rings (SSSR count). The van der Waals surface area contributed by atoms with Crippen LogP contribution in [0.15, 0.2) is 0 Å². The van der Waals surface area contributed by atoms with Crippen molar-refractivity contribution in [3.8, 4) is 0 Å². The topological polar surface area (TPSA) is 37.4 Å². The van der Waals surface area contributed by atoms with Crippen molar-refractivity contribution < 1.29 is 21.6 Å². The maximum Gasteiger partial charge on any atom is 0.402 e. The van der Waals surface area contributed by atoms with E-state index in [4.69, 9.17) is 11.6 Å². The summed E-state index contributed by atoms with van der Waals surface area (Å²) in [5.74, 6) is -0.703. The molecule has 0 aliphatic heterocycles. The Hall–Kier alpha value is -0.0100. The van der Waals surface area contributed by atoms with E-state index < -0.39 is 28.5 Å². The van der Waals surface area contributed by atoms with Crippen molar-refractivity contribution in [1.29, 1.82) is 0 Å². The van der Waals surface area contributed by atoms with Gasteiger partial charge in [-0.05, 0) is 0 Å². The summed E-state index contributed by atoms with van der Waals surface area (Å²) < 4.78 is 57.4. The lowest BCUT2D eigenvalue weighted by molar-refractivity contribution is -0.134. The van der Waals surface area contributed by atoms with Crippen molar-refractivity contribution in [3.05, 3.63) is 0 Å². The number of rotatable bonds is 4. The van der Waals surface area contributed by atoms with Crippen LogP contribution in [0, 0.1) is 0 Å². The highest BCUT2D eigenvalue weighted by atomic mass is 35.5. The Balaban J connectivity index is 4.35. The molecule has 0 atom stereocenters. The van der Waals surface area contributed by atoms with Gasteiger partial charge in [-0.15, -0.1) is 11.6 Å². The van der Waals surface area contributed by atoms with Crippen LogP contribution in [0.5, 0.6) is 0 Å². The highest BCUT2D eigenvalue weighted by molar-refractivity contribution is 7.89. The molecule has 13 heavy (non-hydrogen) atoms. The van der Waals surface area contributed by atoms with Gasteiger partial charge in [-0.1, -0.05) is 0 Å². The summed E-state index contributed by atoms with van der Waals surface area (Å²) in [4.78, 5) is 0. The molecule has 0 N–H and O–H groups in total. The first-order valence-corrected chi connectivity index (χ1v) is 5.40. The molecule has 0 heterocycles. The summed E-state index contributed by atoms with van der Waals surface area (Å²) in [5, 5.41) is 0. The van der Waals surface area contributed by atoms with Gasteiger partial charge in [0.1, 0.15) is 6.54 Å². The number of hydrogen-bond acceptors (Lipinski definition) is 2. The van der Waals surface area contributed by atoms with E-state index in [1.807, 2.05) is 0 Å². The third kappa shape index (κ3) is 5.33. The van der Waals surface area contributed by atoms with Gasteiger partial charge in [0, 0.05) is 12.9 Å². The van der Waals surface area contributed by atoms with E-state index in [0.717, 1.165) is 7.05 Å². The molecule has 0 aliphatic carbocycles. The summed E-state index contributed by atoms with van der Waals surface area (Å²) in [7, 11) is -2.99. The minimum Gasteiger partial charge on any atom is -0.212 e. The van der Waals surface area contributed by atoms with Gasteiger partial charge in [0.25, 0.3) is 0 Å². The maximum absolute atomic E-state index is 11.7. The molecule has 3 nitrogen and oxygen atoms in total.